The van der Waals surface area contributed by atoms with Crippen LogP contribution in [0.25, 0.3) is 5.65 Å². The molecule has 4 aromatic rings. The minimum atomic E-state index is -0.381. The van der Waals surface area contributed by atoms with E-state index in [1.165, 1.54) is 21.1 Å². The summed E-state index contributed by atoms with van der Waals surface area (Å²) in [4.78, 5) is 34.1. The summed E-state index contributed by atoms with van der Waals surface area (Å²) >= 11 is 0. The second-order valence-corrected chi connectivity index (χ2v) is 8.49. The largest absolute Gasteiger partial charge is 0.368 e. The number of carbonyl (C=O) groups excluding carboxylic acids is 1. The Bertz CT molecular complexity index is 1340. The summed E-state index contributed by atoms with van der Waals surface area (Å²) in [6.45, 7) is 5.70. The number of nitrogens with zero attached hydrogens (tertiary/aromatic N) is 6. The monoisotopic (exact) mass is 457 g/mol. The number of nitrogens with one attached hydrogen (secondary N) is 1. The quantitative estimate of drug-likeness (QED) is 0.476. The second-order valence-electron chi connectivity index (χ2n) is 8.49. The summed E-state index contributed by atoms with van der Waals surface area (Å²) in [5.74, 6) is 0.512. The lowest BCUT2D eigenvalue weighted by molar-refractivity contribution is -0.122. The fourth-order valence-corrected chi connectivity index (χ4v) is 4.12. The number of anilines is 2. The van der Waals surface area contributed by atoms with Crippen LogP contribution in [-0.4, -0.2) is 51.3 Å². The molecule has 5 rings (SSSR count). The summed E-state index contributed by atoms with van der Waals surface area (Å²) < 4.78 is 2.55. The van der Waals surface area contributed by atoms with Crippen LogP contribution in [0.2, 0.25) is 0 Å². The number of carbonyl (C=O) groups is 1. The highest BCUT2D eigenvalue weighted by molar-refractivity contribution is 5.75. The number of fused-ring (bicyclic) bond motifs is 1. The van der Waals surface area contributed by atoms with E-state index in [2.05, 4.69) is 37.3 Å². The fourth-order valence-electron chi connectivity index (χ4n) is 4.12. The molecule has 174 valence electrons. The van der Waals surface area contributed by atoms with Gasteiger partial charge in [-0.15, -0.1) is 5.10 Å². The van der Waals surface area contributed by atoms with Crippen LogP contribution in [0.5, 0.6) is 0 Å². The average Bonchev–Trinajstić information content (AvgIpc) is 3.18. The van der Waals surface area contributed by atoms with Gasteiger partial charge in [-0.2, -0.15) is 0 Å². The van der Waals surface area contributed by atoms with Crippen LogP contribution in [0, 0.1) is 6.92 Å². The standard InChI is InChI=1S/C25H27N7O2/c1-19-7-9-20(10-8-19)16-26-24(33)17-32-25(34)31-18-27-22(15-23(31)28-32)30-13-11-29(12-14-30)21-5-3-2-4-6-21/h2-10,15,18H,11-14,16-17H2,1H3,(H,26,33). The summed E-state index contributed by atoms with van der Waals surface area (Å²) in [7, 11) is 0. The summed E-state index contributed by atoms with van der Waals surface area (Å²) in [6, 6.07) is 20.1. The van der Waals surface area contributed by atoms with Crippen molar-refractivity contribution in [2.24, 2.45) is 0 Å². The van der Waals surface area contributed by atoms with Gasteiger partial charge in [0.05, 0.1) is 0 Å². The van der Waals surface area contributed by atoms with E-state index in [1.807, 2.05) is 49.4 Å². The number of rotatable bonds is 6. The lowest BCUT2D eigenvalue weighted by Gasteiger charge is -2.36. The SMILES string of the molecule is Cc1ccc(CNC(=O)Cn2nc3cc(N4CCN(c5ccccc5)CC4)ncn3c2=O)cc1. The normalized spacial score (nSPS) is 13.9. The van der Waals surface area contributed by atoms with Gasteiger partial charge in [0.15, 0.2) is 5.65 Å². The van der Waals surface area contributed by atoms with Crippen molar-refractivity contribution in [3.05, 3.63) is 88.6 Å². The molecule has 0 saturated carbocycles. The highest BCUT2D eigenvalue weighted by atomic mass is 16.2. The number of aromatic nitrogens is 4. The molecule has 0 bridgehead atoms. The molecule has 3 heterocycles. The Morgan fingerprint density at radius 1 is 0.971 bits per heavy atom. The van der Waals surface area contributed by atoms with Gasteiger partial charge >= 0.3 is 5.69 Å². The van der Waals surface area contributed by atoms with Crippen molar-refractivity contribution in [3.63, 3.8) is 0 Å². The Labute approximate surface area is 197 Å². The minimum Gasteiger partial charge on any atom is -0.368 e. The molecule has 0 spiro atoms. The van der Waals surface area contributed by atoms with Gasteiger partial charge in [0.2, 0.25) is 5.91 Å². The van der Waals surface area contributed by atoms with Crippen LogP contribution in [0.1, 0.15) is 11.1 Å². The van der Waals surface area contributed by atoms with Gasteiger partial charge in [-0.1, -0.05) is 48.0 Å². The highest BCUT2D eigenvalue weighted by Gasteiger charge is 2.20. The number of hydrogen-bond acceptors (Lipinski definition) is 6. The highest BCUT2D eigenvalue weighted by Crippen LogP contribution is 2.19. The van der Waals surface area contributed by atoms with E-state index in [-0.39, 0.29) is 18.1 Å². The smallest absolute Gasteiger partial charge is 0.352 e. The van der Waals surface area contributed by atoms with Gasteiger partial charge in [-0.25, -0.2) is 18.9 Å². The lowest BCUT2D eigenvalue weighted by Crippen LogP contribution is -2.46. The number of hydrogen-bond donors (Lipinski definition) is 1. The molecule has 2 aromatic heterocycles. The molecule has 0 radical (unpaired) electrons. The van der Waals surface area contributed by atoms with E-state index in [0.29, 0.717) is 12.2 Å². The van der Waals surface area contributed by atoms with E-state index in [9.17, 15) is 9.59 Å². The molecule has 9 heteroatoms. The van der Waals surface area contributed by atoms with Crippen molar-refractivity contribution >= 4 is 23.1 Å². The van der Waals surface area contributed by atoms with Crippen molar-refractivity contribution in [1.82, 2.24) is 24.5 Å². The molecule has 1 saturated heterocycles. The van der Waals surface area contributed by atoms with Crippen LogP contribution in [0.15, 0.2) is 71.8 Å². The maximum absolute atomic E-state index is 12.7. The molecule has 1 fully saturated rings. The van der Waals surface area contributed by atoms with Crippen LogP contribution in [-0.2, 0) is 17.9 Å². The predicted molar refractivity (Wildman–Crippen MR) is 131 cm³/mol. The molecule has 1 aliphatic rings. The van der Waals surface area contributed by atoms with Gasteiger partial charge in [-0.3, -0.25) is 4.79 Å². The Morgan fingerprint density at radius 2 is 1.68 bits per heavy atom. The Balaban J connectivity index is 1.23. The minimum absolute atomic E-state index is 0.141. The van der Waals surface area contributed by atoms with E-state index in [4.69, 9.17) is 0 Å². The molecule has 2 aromatic carbocycles. The van der Waals surface area contributed by atoms with Crippen LogP contribution in [0.3, 0.4) is 0 Å². The third-order valence-electron chi connectivity index (χ3n) is 6.09. The number of amides is 1. The van der Waals surface area contributed by atoms with Gasteiger partial charge < -0.3 is 15.1 Å². The Morgan fingerprint density at radius 3 is 2.41 bits per heavy atom. The average molecular weight is 458 g/mol. The first-order chi connectivity index (χ1) is 16.6. The number of benzene rings is 2. The zero-order chi connectivity index (χ0) is 23.5. The molecule has 9 nitrogen and oxygen atoms in total. The van der Waals surface area contributed by atoms with Crippen LogP contribution >= 0.6 is 0 Å². The molecular formula is C25H27N7O2. The molecule has 0 aliphatic carbocycles. The number of piperazine rings is 1. The number of aryl methyl sites for hydroxylation is 1. The van der Waals surface area contributed by atoms with E-state index in [0.717, 1.165) is 43.1 Å². The number of para-hydroxylation sites is 1. The van der Waals surface area contributed by atoms with Crippen molar-refractivity contribution in [2.45, 2.75) is 20.0 Å². The Hall–Kier alpha value is -4.14. The van der Waals surface area contributed by atoms with Crippen molar-refractivity contribution in [2.75, 3.05) is 36.0 Å². The third-order valence-corrected chi connectivity index (χ3v) is 6.09. The maximum atomic E-state index is 12.7. The third kappa shape index (κ3) is 4.63. The van der Waals surface area contributed by atoms with Gasteiger partial charge in [0.1, 0.15) is 18.7 Å². The van der Waals surface area contributed by atoms with Gasteiger partial charge in [-0.05, 0) is 24.6 Å². The lowest BCUT2D eigenvalue weighted by atomic mass is 10.1. The molecule has 1 aliphatic heterocycles. The van der Waals surface area contributed by atoms with Gasteiger partial charge in [0, 0.05) is 44.5 Å². The van der Waals surface area contributed by atoms with E-state index in [1.54, 1.807) is 6.07 Å². The molecule has 0 unspecified atom stereocenters. The maximum Gasteiger partial charge on any atom is 0.352 e. The zero-order valence-electron chi connectivity index (χ0n) is 19.1. The summed E-state index contributed by atoms with van der Waals surface area (Å²) in [6.07, 6.45) is 1.49. The van der Waals surface area contributed by atoms with E-state index >= 15 is 0 Å². The first kappa shape index (κ1) is 21.7. The summed E-state index contributed by atoms with van der Waals surface area (Å²) in [5, 5.41) is 7.21. The molecule has 34 heavy (non-hydrogen) atoms. The topological polar surface area (TPSA) is 87.8 Å². The van der Waals surface area contributed by atoms with Crippen LogP contribution in [0.4, 0.5) is 11.5 Å². The predicted octanol–water partition coefficient (Wildman–Crippen LogP) is 1.84. The Kier molecular flexibility index (Phi) is 5.99. The first-order valence-corrected chi connectivity index (χ1v) is 11.4. The van der Waals surface area contributed by atoms with Crippen molar-refractivity contribution in [1.29, 1.82) is 0 Å². The van der Waals surface area contributed by atoms with E-state index < -0.39 is 0 Å². The van der Waals surface area contributed by atoms with Crippen LogP contribution < -0.4 is 20.8 Å². The zero-order valence-corrected chi connectivity index (χ0v) is 19.1. The molecule has 0 atom stereocenters. The second kappa shape index (κ2) is 9.38. The van der Waals surface area contributed by atoms with Gasteiger partial charge in [0.25, 0.3) is 0 Å². The molecular weight excluding hydrogens is 430 g/mol. The summed E-state index contributed by atoms with van der Waals surface area (Å²) in [5.41, 5.74) is 3.48. The van der Waals surface area contributed by atoms with Crippen molar-refractivity contribution in [3.8, 4) is 0 Å². The molecule has 1 N–H and O–H groups in total. The molecule has 1 amide bonds. The fraction of sp³-hybridized carbons (Fsp3) is 0.280. The first-order valence-electron chi connectivity index (χ1n) is 11.4. The van der Waals surface area contributed by atoms with Crippen molar-refractivity contribution < 1.29 is 4.79 Å².